The van der Waals surface area contributed by atoms with E-state index in [1.165, 1.54) is 6.92 Å². The first-order valence-corrected chi connectivity index (χ1v) is 9.72. The molecule has 0 spiro atoms. The molecule has 4 rings (SSSR count). The van der Waals surface area contributed by atoms with Crippen LogP contribution in [0.4, 0.5) is 11.5 Å². The van der Waals surface area contributed by atoms with Crippen molar-refractivity contribution in [3.63, 3.8) is 0 Å². The van der Waals surface area contributed by atoms with E-state index in [9.17, 15) is 9.59 Å². The first kappa shape index (κ1) is 18.8. The Morgan fingerprint density at radius 1 is 0.931 bits per heavy atom. The SMILES string of the molecule is CC(=O)c1ccc(Nc2cc(C(=O)N3CCCC3)nc(-c3ccccc3)n2)cc1. The number of likely N-dealkylation sites (tertiary alicyclic amines) is 1. The van der Waals surface area contributed by atoms with Crippen LogP contribution in [0.2, 0.25) is 0 Å². The van der Waals surface area contributed by atoms with E-state index in [-0.39, 0.29) is 11.7 Å². The van der Waals surface area contributed by atoms with E-state index in [1.807, 2.05) is 47.4 Å². The van der Waals surface area contributed by atoms with E-state index in [1.54, 1.807) is 18.2 Å². The predicted molar refractivity (Wildman–Crippen MR) is 112 cm³/mol. The Labute approximate surface area is 169 Å². The van der Waals surface area contributed by atoms with Crippen molar-refractivity contribution in [1.29, 1.82) is 0 Å². The number of nitrogens with one attached hydrogen (secondary N) is 1. The number of carbonyl (C=O) groups excluding carboxylic acids is 2. The Kier molecular flexibility index (Phi) is 5.33. The molecule has 1 fully saturated rings. The number of rotatable bonds is 5. The molecule has 6 nitrogen and oxygen atoms in total. The average molecular weight is 386 g/mol. The number of anilines is 2. The molecule has 1 saturated heterocycles. The number of Topliss-reactive ketones (excluding diaryl/α,β-unsaturated/α-hetero) is 1. The highest BCUT2D eigenvalue weighted by Crippen LogP contribution is 2.22. The average Bonchev–Trinajstić information content (AvgIpc) is 3.29. The highest BCUT2D eigenvalue weighted by atomic mass is 16.2. The van der Waals surface area contributed by atoms with Crippen molar-refractivity contribution < 1.29 is 9.59 Å². The molecule has 0 atom stereocenters. The van der Waals surface area contributed by atoms with Crippen LogP contribution in [0.15, 0.2) is 60.7 Å². The summed E-state index contributed by atoms with van der Waals surface area (Å²) in [5.74, 6) is 0.982. The zero-order chi connectivity index (χ0) is 20.2. The second-order valence-corrected chi connectivity index (χ2v) is 7.09. The third-order valence-electron chi connectivity index (χ3n) is 4.93. The van der Waals surface area contributed by atoms with Gasteiger partial charge in [0.15, 0.2) is 11.6 Å². The zero-order valence-electron chi connectivity index (χ0n) is 16.3. The molecular formula is C23H22N4O2. The van der Waals surface area contributed by atoms with Crippen LogP contribution in [0, 0.1) is 0 Å². The number of aromatic nitrogens is 2. The van der Waals surface area contributed by atoms with Crippen LogP contribution in [0.1, 0.15) is 40.6 Å². The predicted octanol–water partition coefficient (Wildman–Crippen LogP) is 4.33. The van der Waals surface area contributed by atoms with Gasteiger partial charge in [0.05, 0.1) is 0 Å². The van der Waals surface area contributed by atoms with Crippen LogP contribution >= 0.6 is 0 Å². The molecule has 29 heavy (non-hydrogen) atoms. The topological polar surface area (TPSA) is 75.2 Å². The lowest BCUT2D eigenvalue weighted by Gasteiger charge is -2.16. The van der Waals surface area contributed by atoms with Crippen LogP contribution in [-0.4, -0.2) is 39.6 Å². The lowest BCUT2D eigenvalue weighted by Crippen LogP contribution is -2.28. The molecule has 1 amide bonds. The van der Waals surface area contributed by atoms with Gasteiger partial charge in [0, 0.05) is 36.0 Å². The van der Waals surface area contributed by atoms with Crippen molar-refractivity contribution in [2.75, 3.05) is 18.4 Å². The Morgan fingerprint density at radius 2 is 1.62 bits per heavy atom. The maximum atomic E-state index is 12.9. The van der Waals surface area contributed by atoms with E-state index >= 15 is 0 Å². The van der Waals surface area contributed by atoms with Crippen molar-refractivity contribution in [3.05, 3.63) is 71.9 Å². The van der Waals surface area contributed by atoms with Crippen molar-refractivity contribution in [2.45, 2.75) is 19.8 Å². The summed E-state index contributed by atoms with van der Waals surface area (Å²) in [6.45, 7) is 3.06. The van der Waals surface area contributed by atoms with Crippen LogP contribution in [0.25, 0.3) is 11.4 Å². The molecule has 0 saturated carbocycles. The fourth-order valence-electron chi connectivity index (χ4n) is 3.36. The minimum atomic E-state index is -0.0722. The minimum Gasteiger partial charge on any atom is -0.340 e. The molecule has 3 aromatic rings. The van der Waals surface area contributed by atoms with Crippen molar-refractivity contribution in [2.24, 2.45) is 0 Å². The first-order chi connectivity index (χ1) is 14.1. The molecule has 1 aromatic heterocycles. The first-order valence-electron chi connectivity index (χ1n) is 9.72. The number of nitrogens with zero attached hydrogens (tertiary/aromatic N) is 3. The molecule has 146 valence electrons. The summed E-state index contributed by atoms with van der Waals surface area (Å²) in [6.07, 6.45) is 2.05. The van der Waals surface area contributed by atoms with Crippen LogP contribution in [0.3, 0.4) is 0 Å². The summed E-state index contributed by atoms with van der Waals surface area (Å²) >= 11 is 0. The molecule has 0 unspecified atom stereocenters. The Bertz CT molecular complexity index is 1030. The minimum absolute atomic E-state index is 0.0171. The van der Waals surface area contributed by atoms with Gasteiger partial charge in [0.1, 0.15) is 11.5 Å². The number of ketones is 1. The fraction of sp³-hybridized carbons (Fsp3) is 0.217. The highest BCUT2D eigenvalue weighted by molar-refractivity contribution is 5.95. The Balaban J connectivity index is 1.69. The third-order valence-corrected chi connectivity index (χ3v) is 4.93. The maximum Gasteiger partial charge on any atom is 0.272 e. The Hall–Kier alpha value is -3.54. The maximum absolute atomic E-state index is 12.9. The summed E-state index contributed by atoms with van der Waals surface area (Å²) in [7, 11) is 0. The normalized spacial score (nSPS) is 13.3. The highest BCUT2D eigenvalue weighted by Gasteiger charge is 2.22. The number of hydrogen-bond donors (Lipinski definition) is 1. The summed E-state index contributed by atoms with van der Waals surface area (Å²) in [5.41, 5.74) is 2.66. The van der Waals surface area contributed by atoms with Gasteiger partial charge in [0.2, 0.25) is 0 Å². The van der Waals surface area contributed by atoms with E-state index in [4.69, 9.17) is 0 Å². The second-order valence-electron chi connectivity index (χ2n) is 7.09. The van der Waals surface area contributed by atoms with Crippen molar-refractivity contribution >= 4 is 23.2 Å². The largest absolute Gasteiger partial charge is 0.340 e. The molecule has 1 aliphatic heterocycles. The molecule has 1 N–H and O–H groups in total. The lowest BCUT2D eigenvalue weighted by molar-refractivity contribution is 0.0787. The van der Waals surface area contributed by atoms with E-state index in [0.717, 1.165) is 37.2 Å². The Morgan fingerprint density at radius 3 is 2.28 bits per heavy atom. The smallest absolute Gasteiger partial charge is 0.272 e. The molecule has 2 aromatic carbocycles. The van der Waals surface area contributed by atoms with Crippen LogP contribution in [-0.2, 0) is 0 Å². The van der Waals surface area contributed by atoms with Gasteiger partial charge >= 0.3 is 0 Å². The van der Waals surface area contributed by atoms with Crippen LogP contribution in [0.5, 0.6) is 0 Å². The van der Waals surface area contributed by atoms with E-state index in [0.29, 0.717) is 22.9 Å². The van der Waals surface area contributed by atoms with Gasteiger partial charge in [-0.15, -0.1) is 0 Å². The lowest BCUT2D eigenvalue weighted by atomic mass is 10.1. The number of carbonyl (C=O) groups is 2. The summed E-state index contributed by atoms with van der Waals surface area (Å²) in [6, 6.07) is 18.5. The molecule has 1 aliphatic rings. The van der Waals surface area contributed by atoms with Gasteiger partial charge in [-0.25, -0.2) is 9.97 Å². The quantitative estimate of drug-likeness (QED) is 0.661. The molecule has 0 radical (unpaired) electrons. The number of benzene rings is 2. The molecule has 2 heterocycles. The van der Waals surface area contributed by atoms with E-state index in [2.05, 4.69) is 15.3 Å². The zero-order valence-corrected chi connectivity index (χ0v) is 16.3. The van der Waals surface area contributed by atoms with Gasteiger partial charge < -0.3 is 10.2 Å². The summed E-state index contributed by atoms with van der Waals surface area (Å²) in [5, 5.41) is 3.23. The van der Waals surface area contributed by atoms with Gasteiger partial charge in [-0.05, 0) is 44.0 Å². The van der Waals surface area contributed by atoms with Gasteiger partial charge in [0.25, 0.3) is 5.91 Å². The van der Waals surface area contributed by atoms with Crippen molar-refractivity contribution in [1.82, 2.24) is 14.9 Å². The van der Waals surface area contributed by atoms with E-state index < -0.39 is 0 Å². The van der Waals surface area contributed by atoms with Crippen molar-refractivity contribution in [3.8, 4) is 11.4 Å². The number of hydrogen-bond acceptors (Lipinski definition) is 5. The van der Waals surface area contributed by atoms with Gasteiger partial charge in [-0.1, -0.05) is 30.3 Å². The molecular weight excluding hydrogens is 364 g/mol. The molecule has 0 aliphatic carbocycles. The summed E-state index contributed by atoms with van der Waals surface area (Å²) in [4.78, 5) is 35.4. The fourth-order valence-corrected chi connectivity index (χ4v) is 3.36. The molecule has 0 bridgehead atoms. The summed E-state index contributed by atoms with van der Waals surface area (Å²) < 4.78 is 0. The van der Waals surface area contributed by atoms with Crippen LogP contribution < -0.4 is 5.32 Å². The van der Waals surface area contributed by atoms with Gasteiger partial charge in [-0.3, -0.25) is 9.59 Å². The standard InChI is InChI=1S/C23H22N4O2/c1-16(28)17-9-11-19(12-10-17)24-21-15-20(23(29)27-13-5-6-14-27)25-22(26-21)18-7-3-2-4-8-18/h2-4,7-12,15H,5-6,13-14H2,1H3,(H,24,25,26). The van der Waals surface area contributed by atoms with Gasteiger partial charge in [-0.2, -0.15) is 0 Å². The monoisotopic (exact) mass is 386 g/mol. The number of amides is 1. The second kappa shape index (κ2) is 8.22. The molecule has 6 heteroatoms. The third kappa shape index (κ3) is 4.32.